The minimum Gasteiger partial charge on any atom is -0.354 e. The Kier molecular flexibility index (Phi) is 11.0. The second-order valence-electron chi connectivity index (χ2n) is 13.0. The Hall–Kier alpha value is -2.68. The lowest BCUT2D eigenvalue weighted by Crippen LogP contribution is -1.91. The predicted octanol–water partition coefficient (Wildman–Crippen LogP) is 17.3. The normalized spacial score (nSPS) is 12.9. The van der Waals surface area contributed by atoms with Gasteiger partial charge in [0.25, 0.3) is 0 Å². The summed E-state index contributed by atoms with van der Waals surface area (Å²) in [6, 6.07) is 41.9. The molecule has 0 saturated heterocycles. The van der Waals surface area contributed by atoms with E-state index in [1.807, 2.05) is 0 Å². The first kappa shape index (κ1) is 38.8. The maximum absolute atomic E-state index is 5.50. The van der Waals surface area contributed by atoms with Crippen molar-refractivity contribution in [2.45, 2.75) is 0 Å². The number of hydrogen-bond acceptors (Lipinski definition) is 2. The molecule has 0 fully saturated rings. The largest absolute Gasteiger partial charge is 0.354 e. The molecule has 9 rings (SSSR count). The van der Waals surface area contributed by atoms with E-state index in [4.69, 9.17) is 9.97 Å². The number of rotatable bonds is 4. The molecule has 12 heteroatoms. The second kappa shape index (κ2) is 15.8. The molecule has 274 valence electrons. The average molecular weight is 1250 g/mol. The summed E-state index contributed by atoms with van der Waals surface area (Å²) < 4.78 is 7.35. The molecule has 0 saturated carbocycles. The van der Waals surface area contributed by atoms with Crippen molar-refractivity contribution in [2.75, 3.05) is 0 Å². The third-order valence-electron chi connectivity index (χ3n) is 9.59. The van der Waals surface area contributed by atoms with Crippen LogP contribution in [0.15, 0.2) is 139 Å². The molecule has 2 aliphatic heterocycles. The van der Waals surface area contributed by atoms with Crippen LogP contribution in [0.1, 0.15) is 22.8 Å². The van der Waals surface area contributed by atoms with Gasteiger partial charge in [-0.15, -0.1) is 0 Å². The van der Waals surface area contributed by atoms with Gasteiger partial charge in [-0.2, -0.15) is 0 Å². The lowest BCUT2D eigenvalue weighted by molar-refractivity contribution is 1.31. The van der Waals surface area contributed by atoms with E-state index >= 15 is 0 Å². The summed E-state index contributed by atoms with van der Waals surface area (Å²) in [5.41, 5.74) is 14.5. The van der Waals surface area contributed by atoms with E-state index in [1.54, 1.807) is 0 Å². The number of aromatic amines is 2. The fourth-order valence-corrected chi connectivity index (χ4v) is 9.97. The van der Waals surface area contributed by atoms with Crippen LogP contribution in [0, 0.1) is 0 Å². The molecule has 0 radical (unpaired) electrons. The lowest BCUT2D eigenvalue weighted by atomic mass is 10.0. The standard InChI is InChI=1S/C44H22Br8N4/c45-25-9-1-21(2-10-25)33-29-17-18-30(53-29)34(22-3-11-26(46)12-4-22)43-39(51)40(52)44(56-43)36(24-7-15-28(48)16-8-24)32-20-19-31(54-32)35(23-5-13-27(47)14-6-23)42-38(50)37(49)41(33)55-42/h1-20,53-54H. The van der Waals surface area contributed by atoms with Crippen LogP contribution in [0.3, 0.4) is 0 Å². The first-order valence-corrected chi connectivity index (χ1v) is 23.4. The first-order valence-electron chi connectivity index (χ1n) is 17.0. The molecule has 0 aliphatic carbocycles. The van der Waals surface area contributed by atoms with E-state index in [0.29, 0.717) is 0 Å². The molecule has 5 heterocycles. The predicted molar refractivity (Wildman–Crippen MR) is 263 cm³/mol. The fraction of sp³-hybridized carbons (Fsp3) is 0. The highest BCUT2D eigenvalue weighted by molar-refractivity contribution is 9.18. The Bertz CT molecular complexity index is 2570. The van der Waals surface area contributed by atoms with Gasteiger partial charge in [-0.05, 0) is 159 Å². The van der Waals surface area contributed by atoms with Gasteiger partial charge in [-0.3, -0.25) is 0 Å². The molecule has 4 nitrogen and oxygen atoms in total. The highest BCUT2D eigenvalue weighted by Crippen LogP contribution is 2.49. The zero-order valence-electron chi connectivity index (χ0n) is 28.5. The van der Waals surface area contributed by atoms with Gasteiger partial charge in [0.15, 0.2) is 0 Å². The number of nitrogens with zero attached hydrogens (tertiary/aromatic N) is 2. The molecule has 0 unspecified atom stereocenters. The second-order valence-corrected chi connectivity index (χ2v) is 19.8. The van der Waals surface area contributed by atoms with Crippen LogP contribution in [-0.4, -0.2) is 19.9 Å². The SMILES string of the molecule is BrC1=C(Br)c2nc1c(-c1ccc(Br)cc1)c1ccc([nH]1)c(-c1ccc(Br)cc1)c1nc(c(-c3ccc(Br)cc3)c3ccc([nH]3)c2-c2ccc(Br)cc2)C(Br)=C1Br. The highest BCUT2D eigenvalue weighted by atomic mass is 79.9. The van der Waals surface area contributed by atoms with Crippen LogP contribution in [0.5, 0.6) is 0 Å². The van der Waals surface area contributed by atoms with E-state index in [1.165, 1.54) is 0 Å². The zero-order valence-corrected chi connectivity index (χ0v) is 41.2. The smallest absolute Gasteiger partial charge is 0.0891 e. The Morgan fingerprint density at radius 1 is 0.268 bits per heavy atom. The van der Waals surface area contributed by atoms with E-state index in [2.05, 4.69) is 259 Å². The van der Waals surface area contributed by atoms with Gasteiger partial charge in [0.2, 0.25) is 0 Å². The highest BCUT2D eigenvalue weighted by Gasteiger charge is 2.28. The molecule has 3 aromatic heterocycles. The van der Waals surface area contributed by atoms with Crippen molar-refractivity contribution < 1.29 is 0 Å². The minimum atomic E-state index is 0.793. The van der Waals surface area contributed by atoms with Crippen LogP contribution in [0.2, 0.25) is 0 Å². The van der Waals surface area contributed by atoms with Crippen molar-refractivity contribution in [3.8, 4) is 44.5 Å². The fourth-order valence-electron chi connectivity index (χ4n) is 7.02. The molecular weight excluding hydrogens is 1220 g/mol. The zero-order chi connectivity index (χ0) is 38.8. The van der Waals surface area contributed by atoms with Gasteiger partial charge in [-0.25, -0.2) is 9.97 Å². The number of benzene rings is 4. The van der Waals surface area contributed by atoms with Crippen molar-refractivity contribution in [3.63, 3.8) is 0 Å². The molecule has 7 aromatic rings. The van der Waals surface area contributed by atoms with Crippen LogP contribution in [-0.2, 0) is 0 Å². The number of nitrogens with one attached hydrogen (secondary N) is 2. The molecule has 0 amide bonds. The summed E-state index contributed by atoms with van der Waals surface area (Å²) in [7, 11) is 0. The number of hydrogen-bond donors (Lipinski definition) is 2. The Balaban J connectivity index is 1.54. The molecule has 2 aliphatic rings. The lowest BCUT2D eigenvalue weighted by Gasteiger charge is -2.08. The molecule has 0 atom stereocenters. The van der Waals surface area contributed by atoms with Crippen LogP contribution < -0.4 is 0 Å². The Labute approximate surface area is 389 Å². The van der Waals surface area contributed by atoms with E-state index in [0.717, 1.165) is 125 Å². The molecule has 0 spiro atoms. The average Bonchev–Trinajstić information content (AvgIpc) is 3.99. The van der Waals surface area contributed by atoms with E-state index in [-0.39, 0.29) is 0 Å². The number of aromatic nitrogens is 4. The molecule has 4 aromatic carbocycles. The van der Waals surface area contributed by atoms with Crippen LogP contribution in [0.25, 0.3) is 84.5 Å². The van der Waals surface area contributed by atoms with Crippen molar-refractivity contribution in [1.29, 1.82) is 0 Å². The molecular formula is C44H22Br8N4. The van der Waals surface area contributed by atoms with Crippen molar-refractivity contribution in [1.82, 2.24) is 19.9 Å². The summed E-state index contributed by atoms with van der Waals surface area (Å²) in [6.07, 6.45) is 0. The summed E-state index contributed by atoms with van der Waals surface area (Å²) in [4.78, 5) is 18.7. The maximum atomic E-state index is 5.50. The topological polar surface area (TPSA) is 57.4 Å². The van der Waals surface area contributed by atoms with Gasteiger partial charge in [-0.1, -0.05) is 112 Å². The Morgan fingerprint density at radius 3 is 0.661 bits per heavy atom. The third-order valence-corrected chi connectivity index (χ3v) is 15.9. The van der Waals surface area contributed by atoms with Crippen molar-refractivity contribution >= 4 is 167 Å². The number of fused-ring (bicyclic) bond motifs is 8. The van der Waals surface area contributed by atoms with Gasteiger partial charge in [0, 0.05) is 62.2 Å². The van der Waals surface area contributed by atoms with Gasteiger partial charge < -0.3 is 9.97 Å². The molecule has 8 bridgehead atoms. The van der Waals surface area contributed by atoms with Crippen molar-refractivity contribution in [3.05, 3.63) is 162 Å². The number of halogens is 8. The van der Waals surface area contributed by atoms with Crippen LogP contribution >= 0.6 is 127 Å². The molecule has 2 N–H and O–H groups in total. The van der Waals surface area contributed by atoms with Crippen LogP contribution in [0.4, 0.5) is 0 Å². The third kappa shape index (κ3) is 7.10. The monoisotopic (exact) mass is 1240 g/mol. The summed E-state index contributed by atoms with van der Waals surface area (Å²) >= 11 is 30.6. The van der Waals surface area contributed by atoms with E-state index < -0.39 is 0 Å². The summed E-state index contributed by atoms with van der Waals surface area (Å²) in [6.45, 7) is 0. The first-order chi connectivity index (χ1) is 27.0. The van der Waals surface area contributed by atoms with Gasteiger partial charge >= 0.3 is 0 Å². The van der Waals surface area contributed by atoms with Gasteiger partial charge in [0.1, 0.15) is 0 Å². The summed E-state index contributed by atoms with van der Waals surface area (Å²) in [5, 5.41) is 0. The number of H-pyrrole nitrogens is 2. The quantitative estimate of drug-likeness (QED) is 0.185. The maximum Gasteiger partial charge on any atom is 0.0891 e. The molecule has 56 heavy (non-hydrogen) atoms. The Morgan fingerprint density at radius 2 is 0.464 bits per heavy atom. The minimum absolute atomic E-state index is 0.793. The van der Waals surface area contributed by atoms with Crippen molar-refractivity contribution in [2.24, 2.45) is 0 Å². The van der Waals surface area contributed by atoms with Gasteiger partial charge in [0.05, 0.1) is 40.7 Å². The van der Waals surface area contributed by atoms with E-state index in [9.17, 15) is 0 Å². The summed E-state index contributed by atoms with van der Waals surface area (Å²) in [5.74, 6) is 0.